The number of aromatic nitrogens is 2. The summed E-state index contributed by atoms with van der Waals surface area (Å²) in [5.74, 6) is 1.86. The lowest BCUT2D eigenvalue weighted by Crippen LogP contribution is -2.49. The molecule has 0 N–H and O–H groups in total. The molecule has 1 aliphatic heterocycles. The average molecular weight is 316 g/mol. The first kappa shape index (κ1) is 16.4. The number of sulfonamides is 1. The molecule has 120 valence electrons. The first-order valence-corrected chi connectivity index (χ1v) is 8.97. The van der Waals surface area contributed by atoms with Crippen LogP contribution in [0.25, 0.3) is 0 Å². The largest absolute Gasteiger partial charge is 0.340 e. The summed E-state index contributed by atoms with van der Waals surface area (Å²) in [6, 6.07) is 0. The molecule has 0 spiro atoms. The van der Waals surface area contributed by atoms with Gasteiger partial charge < -0.3 is 4.52 Å². The van der Waals surface area contributed by atoms with Crippen molar-refractivity contribution in [2.75, 3.05) is 31.9 Å². The molecule has 1 aromatic rings. The fourth-order valence-corrected chi connectivity index (χ4v) is 4.03. The monoisotopic (exact) mass is 316 g/mol. The molecule has 0 radical (unpaired) electrons. The summed E-state index contributed by atoms with van der Waals surface area (Å²) in [5, 5.41) is 3.87. The fraction of sp³-hybridized carbons (Fsp3) is 0.846. The van der Waals surface area contributed by atoms with Crippen LogP contribution in [0.5, 0.6) is 0 Å². The molecule has 2 rings (SSSR count). The van der Waals surface area contributed by atoms with Crippen LogP contribution in [0.3, 0.4) is 0 Å². The number of aryl methyl sites for hydroxylation is 1. The third-order valence-corrected chi connectivity index (χ3v) is 5.52. The molecule has 1 saturated heterocycles. The van der Waals surface area contributed by atoms with Gasteiger partial charge in [0.15, 0.2) is 5.82 Å². The summed E-state index contributed by atoms with van der Waals surface area (Å²) < 4.78 is 31.0. The topological polar surface area (TPSA) is 79.5 Å². The predicted molar refractivity (Wildman–Crippen MR) is 79.1 cm³/mol. The van der Waals surface area contributed by atoms with Crippen molar-refractivity contribution in [3.05, 3.63) is 11.7 Å². The second-order valence-corrected chi connectivity index (χ2v) is 7.99. The van der Waals surface area contributed by atoms with Gasteiger partial charge in [-0.1, -0.05) is 19.0 Å². The van der Waals surface area contributed by atoms with Gasteiger partial charge in [-0.15, -0.1) is 0 Å². The molecule has 0 atom stereocenters. The molecule has 7 nitrogen and oxygen atoms in total. The van der Waals surface area contributed by atoms with E-state index in [1.54, 1.807) is 11.2 Å². The lowest BCUT2D eigenvalue weighted by atomic mass is 10.2. The predicted octanol–water partition coefficient (Wildman–Crippen LogP) is 0.872. The minimum absolute atomic E-state index is 0.245. The van der Waals surface area contributed by atoms with Crippen molar-refractivity contribution in [2.24, 2.45) is 5.92 Å². The minimum Gasteiger partial charge on any atom is -0.340 e. The Kier molecular flexibility index (Phi) is 5.34. The van der Waals surface area contributed by atoms with E-state index in [2.05, 4.69) is 15.0 Å². The van der Waals surface area contributed by atoms with Crippen molar-refractivity contribution in [1.82, 2.24) is 19.3 Å². The van der Waals surface area contributed by atoms with Crippen molar-refractivity contribution in [1.29, 1.82) is 0 Å². The van der Waals surface area contributed by atoms with Crippen LogP contribution < -0.4 is 0 Å². The number of hydrogen-bond donors (Lipinski definition) is 0. The molecule has 0 bridgehead atoms. The number of rotatable bonds is 6. The van der Waals surface area contributed by atoms with E-state index in [0.29, 0.717) is 56.8 Å². The Morgan fingerprint density at radius 2 is 1.90 bits per heavy atom. The van der Waals surface area contributed by atoms with Gasteiger partial charge in [-0.25, -0.2) is 8.42 Å². The summed E-state index contributed by atoms with van der Waals surface area (Å²) in [5.41, 5.74) is 0. The third-order valence-electron chi connectivity index (χ3n) is 3.61. The second kappa shape index (κ2) is 6.85. The zero-order valence-electron chi connectivity index (χ0n) is 12.9. The molecular formula is C13H24N4O3S. The van der Waals surface area contributed by atoms with Crippen LogP contribution in [0, 0.1) is 12.8 Å². The smallest absolute Gasteiger partial charge is 0.223 e. The van der Waals surface area contributed by atoms with Crippen LogP contribution in [0.1, 0.15) is 32.0 Å². The number of piperazine rings is 1. The molecule has 2 heterocycles. The Morgan fingerprint density at radius 3 is 2.43 bits per heavy atom. The van der Waals surface area contributed by atoms with Crippen LogP contribution in [-0.4, -0.2) is 59.7 Å². The van der Waals surface area contributed by atoms with Crippen LogP contribution in [0.4, 0.5) is 0 Å². The standard InChI is InChI=1S/C13H24N4O3S/c1-11(2)4-9-21(18,19)17-7-5-16(6-8-17)10-13-14-12(3)20-15-13/h11H,4-10H2,1-3H3. The normalized spacial score (nSPS) is 18.5. The first-order valence-electron chi connectivity index (χ1n) is 7.36. The summed E-state index contributed by atoms with van der Waals surface area (Å²) in [4.78, 5) is 6.32. The maximum absolute atomic E-state index is 12.2. The van der Waals surface area contributed by atoms with Gasteiger partial charge in [-0.2, -0.15) is 9.29 Å². The van der Waals surface area contributed by atoms with E-state index < -0.39 is 10.0 Å². The van der Waals surface area contributed by atoms with E-state index in [0.717, 1.165) is 0 Å². The van der Waals surface area contributed by atoms with E-state index in [-0.39, 0.29) is 5.75 Å². The molecule has 8 heteroatoms. The third kappa shape index (κ3) is 4.76. The number of nitrogens with zero attached hydrogens (tertiary/aromatic N) is 4. The number of hydrogen-bond acceptors (Lipinski definition) is 6. The molecule has 0 unspecified atom stereocenters. The van der Waals surface area contributed by atoms with Crippen molar-refractivity contribution < 1.29 is 12.9 Å². The maximum Gasteiger partial charge on any atom is 0.223 e. The van der Waals surface area contributed by atoms with E-state index in [4.69, 9.17) is 4.52 Å². The lowest BCUT2D eigenvalue weighted by Gasteiger charge is -2.33. The first-order chi connectivity index (χ1) is 9.87. The summed E-state index contributed by atoms with van der Waals surface area (Å²) in [6.07, 6.45) is 0.713. The van der Waals surface area contributed by atoms with Crippen molar-refractivity contribution >= 4 is 10.0 Å². The van der Waals surface area contributed by atoms with Gasteiger partial charge in [0.25, 0.3) is 0 Å². The highest BCUT2D eigenvalue weighted by Gasteiger charge is 2.27. The lowest BCUT2D eigenvalue weighted by molar-refractivity contribution is 0.176. The van der Waals surface area contributed by atoms with Crippen LogP contribution in [0.2, 0.25) is 0 Å². The van der Waals surface area contributed by atoms with E-state index in [1.165, 1.54) is 0 Å². The SMILES string of the molecule is Cc1nc(CN2CCN(S(=O)(=O)CCC(C)C)CC2)no1. The minimum atomic E-state index is -3.11. The Hall–Kier alpha value is -0.990. The average Bonchev–Trinajstić information content (AvgIpc) is 2.83. The van der Waals surface area contributed by atoms with E-state index >= 15 is 0 Å². The molecule has 0 aliphatic carbocycles. The van der Waals surface area contributed by atoms with Crippen LogP contribution >= 0.6 is 0 Å². The van der Waals surface area contributed by atoms with Crippen molar-refractivity contribution in [3.63, 3.8) is 0 Å². The molecule has 1 aromatic heterocycles. The molecule has 0 aromatic carbocycles. The maximum atomic E-state index is 12.2. The Bertz CT molecular complexity index is 548. The molecular weight excluding hydrogens is 292 g/mol. The molecule has 0 saturated carbocycles. The molecule has 0 amide bonds. The van der Waals surface area contributed by atoms with Gasteiger partial charge in [-0.05, 0) is 12.3 Å². The fourth-order valence-electron chi connectivity index (χ4n) is 2.29. The highest BCUT2D eigenvalue weighted by Crippen LogP contribution is 2.13. The second-order valence-electron chi connectivity index (χ2n) is 5.90. The zero-order chi connectivity index (χ0) is 15.5. The zero-order valence-corrected chi connectivity index (χ0v) is 13.8. The van der Waals surface area contributed by atoms with E-state index in [9.17, 15) is 8.42 Å². The van der Waals surface area contributed by atoms with Gasteiger partial charge >= 0.3 is 0 Å². The van der Waals surface area contributed by atoms with Crippen LogP contribution in [-0.2, 0) is 16.6 Å². The molecule has 1 aliphatic rings. The molecule has 1 fully saturated rings. The Morgan fingerprint density at radius 1 is 1.24 bits per heavy atom. The molecule has 21 heavy (non-hydrogen) atoms. The van der Waals surface area contributed by atoms with Crippen molar-refractivity contribution in [2.45, 2.75) is 33.7 Å². The Balaban J connectivity index is 1.82. The summed E-state index contributed by atoms with van der Waals surface area (Å²) >= 11 is 0. The summed E-state index contributed by atoms with van der Waals surface area (Å²) in [7, 11) is -3.11. The Labute approximate surface area is 126 Å². The summed E-state index contributed by atoms with van der Waals surface area (Å²) in [6.45, 7) is 8.94. The van der Waals surface area contributed by atoms with Crippen LogP contribution in [0.15, 0.2) is 4.52 Å². The van der Waals surface area contributed by atoms with Gasteiger partial charge in [0, 0.05) is 33.1 Å². The van der Waals surface area contributed by atoms with Gasteiger partial charge in [-0.3, -0.25) is 4.90 Å². The highest BCUT2D eigenvalue weighted by molar-refractivity contribution is 7.89. The van der Waals surface area contributed by atoms with Gasteiger partial charge in [0.2, 0.25) is 15.9 Å². The van der Waals surface area contributed by atoms with E-state index in [1.807, 2.05) is 13.8 Å². The quantitative estimate of drug-likeness (QED) is 0.775. The highest BCUT2D eigenvalue weighted by atomic mass is 32.2. The van der Waals surface area contributed by atoms with Gasteiger partial charge in [0.1, 0.15) is 0 Å². The van der Waals surface area contributed by atoms with Crippen molar-refractivity contribution in [3.8, 4) is 0 Å². The van der Waals surface area contributed by atoms with Gasteiger partial charge in [0.05, 0.1) is 12.3 Å².